The van der Waals surface area contributed by atoms with Gasteiger partial charge in [-0.2, -0.15) is 13.2 Å². The zero-order chi connectivity index (χ0) is 19.0. The average Bonchev–Trinajstić information content (AvgIpc) is 2.47. The molecule has 0 fully saturated rings. The van der Waals surface area contributed by atoms with Crippen molar-refractivity contribution in [3.8, 4) is 11.1 Å². The topological polar surface area (TPSA) is 60.2 Å². The summed E-state index contributed by atoms with van der Waals surface area (Å²) >= 11 is 0. The highest BCUT2D eigenvalue weighted by Gasteiger charge is 2.46. The van der Waals surface area contributed by atoms with Crippen LogP contribution in [0.2, 0.25) is 0 Å². The van der Waals surface area contributed by atoms with Crippen LogP contribution in [0.15, 0.2) is 36.4 Å². The van der Waals surface area contributed by atoms with Crippen molar-refractivity contribution in [3.63, 3.8) is 0 Å². The molecule has 2 rings (SSSR count). The van der Waals surface area contributed by atoms with E-state index in [4.69, 9.17) is 5.73 Å². The van der Waals surface area contributed by atoms with Gasteiger partial charge < -0.3 is 5.73 Å². The van der Waals surface area contributed by atoms with Crippen LogP contribution in [0.1, 0.15) is 24.1 Å². The molecule has 2 N–H and O–H groups in total. The van der Waals surface area contributed by atoms with Gasteiger partial charge in [-0.3, -0.25) is 0 Å². The molecule has 0 saturated heterocycles. The van der Waals surface area contributed by atoms with E-state index in [1.54, 1.807) is 6.92 Å². The Kier molecular flexibility index (Phi) is 6.78. The summed E-state index contributed by atoms with van der Waals surface area (Å²) in [5.74, 6) is -3.42. The van der Waals surface area contributed by atoms with Crippen LogP contribution in [0, 0.1) is 11.6 Å². The summed E-state index contributed by atoms with van der Waals surface area (Å²) in [6.45, 7) is 1.54. The fourth-order valence-corrected chi connectivity index (χ4v) is 3.15. The maximum atomic E-state index is 14.1. The molecule has 0 unspecified atom stereocenters. The summed E-state index contributed by atoms with van der Waals surface area (Å²) in [7, 11) is -5.59. The van der Waals surface area contributed by atoms with Gasteiger partial charge in [-0.05, 0) is 30.2 Å². The molecule has 0 radical (unpaired) electrons. The zero-order valence-electron chi connectivity index (χ0n) is 13.3. The smallest absolute Gasteiger partial charge is 0.324 e. The van der Waals surface area contributed by atoms with Gasteiger partial charge in [0.1, 0.15) is 11.6 Å². The van der Waals surface area contributed by atoms with Gasteiger partial charge in [0.25, 0.3) is 9.84 Å². The van der Waals surface area contributed by atoms with E-state index >= 15 is 0 Å². The number of benzene rings is 2. The molecule has 0 amide bonds. The molecular formula is C16H15ClF5NO2S. The summed E-state index contributed by atoms with van der Waals surface area (Å²) in [5, 5.41) is 0. The Morgan fingerprint density at radius 1 is 1.08 bits per heavy atom. The Morgan fingerprint density at radius 3 is 2.19 bits per heavy atom. The maximum absolute atomic E-state index is 14.1. The van der Waals surface area contributed by atoms with Gasteiger partial charge in [0, 0.05) is 17.2 Å². The Balaban J connectivity index is 0.00000338. The molecule has 2 aromatic carbocycles. The number of alkyl halides is 3. The molecule has 0 aliphatic carbocycles. The molecule has 144 valence electrons. The van der Waals surface area contributed by atoms with E-state index in [0.29, 0.717) is 0 Å². The van der Waals surface area contributed by atoms with Crippen LogP contribution < -0.4 is 5.73 Å². The second kappa shape index (κ2) is 7.89. The minimum atomic E-state index is -5.59. The third-order valence-corrected chi connectivity index (χ3v) is 4.98. The van der Waals surface area contributed by atoms with Crippen LogP contribution in [0.3, 0.4) is 0 Å². The van der Waals surface area contributed by atoms with Crippen molar-refractivity contribution in [1.29, 1.82) is 0 Å². The summed E-state index contributed by atoms with van der Waals surface area (Å²) in [6, 6.07) is 6.31. The molecule has 0 aliphatic rings. The lowest BCUT2D eigenvalue weighted by molar-refractivity contribution is -0.0437. The highest BCUT2D eigenvalue weighted by molar-refractivity contribution is 7.91. The summed E-state index contributed by atoms with van der Waals surface area (Å²) in [6.07, 6.45) is 0. The van der Waals surface area contributed by atoms with Crippen molar-refractivity contribution in [1.82, 2.24) is 0 Å². The Hall–Kier alpha value is -1.71. The molecule has 10 heteroatoms. The molecule has 2 aromatic rings. The average molecular weight is 416 g/mol. The van der Waals surface area contributed by atoms with Gasteiger partial charge in [-0.15, -0.1) is 12.4 Å². The monoisotopic (exact) mass is 415 g/mol. The Labute approximate surface area is 153 Å². The third-order valence-electron chi connectivity index (χ3n) is 3.61. The van der Waals surface area contributed by atoms with Gasteiger partial charge in [0.15, 0.2) is 0 Å². The van der Waals surface area contributed by atoms with Crippen LogP contribution in [-0.4, -0.2) is 13.9 Å². The number of rotatable bonds is 4. The Bertz CT molecular complexity index is 898. The van der Waals surface area contributed by atoms with Gasteiger partial charge >= 0.3 is 5.51 Å². The first kappa shape index (κ1) is 22.3. The van der Waals surface area contributed by atoms with Crippen LogP contribution in [0.5, 0.6) is 0 Å². The SMILES string of the molecule is C[C@@H](N)c1ccc(-c2cccc(F)c2CS(=O)(=O)C(F)(F)F)cc1F.Cl. The lowest BCUT2D eigenvalue weighted by atomic mass is 9.97. The molecule has 0 aromatic heterocycles. The van der Waals surface area contributed by atoms with E-state index < -0.39 is 44.3 Å². The number of halogens is 6. The quantitative estimate of drug-likeness (QED) is 0.747. The zero-order valence-corrected chi connectivity index (χ0v) is 15.0. The fraction of sp³-hybridized carbons (Fsp3) is 0.250. The summed E-state index contributed by atoms with van der Waals surface area (Å²) < 4.78 is 88.7. The largest absolute Gasteiger partial charge is 0.497 e. The minimum Gasteiger partial charge on any atom is -0.324 e. The van der Waals surface area contributed by atoms with Crippen LogP contribution in [0.25, 0.3) is 11.1 Å². The molecule has 26 heavy (non-hydrogen) atoms. The Morgan fingerprint density at radius 2 is 1.69 bits per heavy atom. The molecule has 0 spiro atoms. The first-order valence-corrected chi connectivity index (χ1v) is 8.71. The van der Waals surface area contributed by atoms with Crippen molar-refractivity contribution in [3.05, 3.63) is 59.2 Å². The number of nitrogens with two attached hydrogens (primary N) is 1. The summed E-state index contributed by atoms with van der Waals surface area (Å²) in [5.41, 5.74) is -0.522. The van der Waals surface area contributed by atoms with Gasteiger partial charge in [0.05, 0.1) is 5.75 Å². The van der Waals surface area contributed by atoms with Gasteiger partial charge in [0.2, 0.25) is 0 Å². The van der Waals surface area contributed by atoms with E-state index in [1.165, 1.54) is 24.3 Å². The van der Waals surface area contributed by atoms with E-state index in [1.807, 2.05) is 0 Å². The van der Waals surface area contributed by atoms with Crippen molar-refractivity contribution >= 4 is 22.2 Å². The highest BCUT2D eigenvalue weighted by Crippen LogP contribution is 2.33. The number of hydrogen-bond donors (Lipinski definition) is 1. The van der Waals surface area contributed by atoms with Crippen molar-refractivity contribution in [2.75, 3.05) is 0 Å². The number of hydrogen-bond acceptors (Lipinski definition) is 3. The van der Waals surface area contributed by atoms with E-state index in [9.17, 15) is 30.4 Å². The number of sulfone groups is 1. The van der Waals surface area contributed by atoms with Crippen LogP contribution in [0.4, 0.5) is 22.0 Å². The van der Waals surface area contributed by atoms with Crippen LogP contribution >= 0.6 is 12.4 Å². The predicted octanol–water partition coefficient (Wildman–Crippen LogP) is 4.51. The maximum Gasteiger partial charge on any atom is 0.497 e. The predicted molar refractivity (Wildman–Crippen MR) is 90.3 cm³/mol. The van der Waals surface area contributed by atoms with Crippen LogP contribution in [-0.2, 0) is 15.6 Å². The van der Waals surface area contributed by atoms with E-state index in [-0.39, 0.29) is 29.1 Å². The van der Waals surface area contributed by atoms with Crippen molar-refractivity contribution in [2.24, 2.45) is 5.73 Å². The lowest BCUT2D eigenvalue weighted by Gasteiger charge is -2.14. The molecular weight excluding hydrogens is 401 g/mol. The highest BCUT2D eigenvalue weighted by atomic mass is 35.5. The molecule has 0 aliphatic heterocycles. The minimum absolute atomic E-state index is 0. The van der Waals surface area contributed by atoms with E-state index in [0.717, 1.165) is 12.1 Å². The molecule has 0 bridgehead atoms. The van der Waals surface area contributed by atoms with Gasteiger partial charge in [-0.1, -0.05) is 24.3 Å². The molecule has 0 saturated carbocycles. The van der Waals surface area contributed by atoms with Gasteiger partial charge in [-0.25, -0.2) is 17.2 Å². The molecule has 1 atom stereocenters. The van der Waals surface area contributed by atoms with Crippen molar-refractivity contribution < 1.29 is 30.4 Å². The lowest BCUT2D eigenvalue weighted by Crippen LogP contribution is -2.25. The third kappa shape index (κ3) is 4.52. The normalized spacial score (nSPS) is 13.2. The second-order valence-corrected chi connectivity index (χ2v) is 7.48. The molecule has 3 nitrogen and oxygen atoms in total. The summed E-state index contributed by atoms with van der Waals surface area (Å²) in [4.78, 5) is 0. The first-order chi connectivity index (χ1) is 11.4. The first-order valence-electron chi connectivity index (χ1n) is 7.06. The molecule has 0 heterocycles. The van der Waals surface area contributed by atoms with Crippen molar-refractivity contribution in [2.45, 2.75) is 24.2 Å². The second-order valence-electron chi connectivity index (χ2n) is 5.50. The standard InChI is InChI=1S/C16H14F5NO2S.ClH/c1-9(22)11-6-5-10(7-15(11)18)12-3-2-4-14(17)13(12)8-25(23,24)16(19,20)21;/h2-7,9H,8,22H2,1H3;1H/t9-;/m1./s1. The van der Waals surface area contributed by atoms with E-state index in [2.05, 4.69) is 0 Å². The fourth-order valence-electron chi connectivity index (χ4n) is 2.31.